The summed E-state index contributed by atoms with van der Waals surface area (Å²) in [4.78, 5) is 21.6. The maximum absolute atomic E-state index is 12.9. The number of anilines is 1. The summed E-state index contributed by atoms with van der Waals surface area (Å²) in [5, 5.41) is 8.10. The Bertz CT molecular complexity index is 1060. The molecule has 9 heteroatoms. The molecule has 0 atom stereocenters. The second-order valence-electron chi connectivity index (χ2n) is 7.20. The fraction of sp³-hybridized carbons (Fsp3) is 0.400. The van der Waals surface area contributed by atoms with Crippen molar-refractivity contribution in [1.82, 2.24) is 24.5 Å². The van der Waals surface area contributed by atoms with E-state index in [0.29, 0.717) is 35.9 Å². The zero-order valence-corrected chi connectivity index (χ0v) is 16.2. The van der Waals surface area contributed by atoms with Crippen molar-refractivity contribution in [3.05, 3.63) is 41.9 Å². The van der Waals surface area contributed by atoms with Gasteiger partial charge in [0, 0.05) is 43.5 Å². The molecule has 1 aromatic carbocycles. The largest absolute Gasteiger partial charge is 0.454 e. The third-order valence-electron chi connectivity index (χ3n) is 5.37. The van der Waals surface area contributed by atoms with Gasteiger partial charge in [0.2, 0.25) is 6.79 Å². The third kappa shape index (κ3) is 3.22. The van der Waals surface area contributed by atoms with Crippen molar-refractivity contribution >= 4 is 17.5 Å². The second-order valence-corrected chi connectivity index (χ2v) is 7.20. The fourth-order valence-electron chi connectivity index (χ4n) is 3.82. The molecule has 0 spiro atoms. The molecule has 2 aliphatic heterocycles. The van der Waals surface area contributed by atoms with E-state index in [2.05, 4.69) is 33.1 Å². The molecule has 0 bridgehead atoms. The molecule has 0 radical (unpaired) electrons. The van der Waals surface area contributed by atoms with E-state index in [1.165, 1.54) is 0 Å². The highest BCUT2D eigenvalue weighted by Crippen LogP contribution is 2.33. The van der Waals surface area contributed by atoms with E-state index < -0.39 is 0 Å². The highest BCUT2D eigenvalue weighted by Gasteiger charge is 2.25. The standard InChI is InChI=1S/C20H22N6O3/c1-2-3-15-11-18(22-20-23-21-12-26(15)20)24-6-8-25(9-7-24)19(27)14-4-5-16-17(10-14)29-13-28-16/h4-5,10-12H,2-3,6-9,13H2,1H3. The predicted octanol–water partition coefficient (Wildman–Crippen LogP) is 1.77. The maximum atomic E-state index is 12.9. The maximum Gasteiger partial charge on any atom is 0.256 e. The summed E-state index contributed by atoms with van der Waals surface area (Å²) in [6, 6.07) is 7.45. The Morgan fingerprint density at radius 2 is 1.93 bits per heavy atom. The molecule has 1 saturated heterocycles. The molecule has 29 heavy (non-hydrogen) atoms. The number of ether oxygens (including phenoxy) is 2. The number of benzene rings is 1. The number of hydrogen-bond donors (Lipinski definition) is 0. The Balaban J connectivity index is 1.30. The van der Waals surface area contributed by atoms with Crippen molar-refractivity contribution in [2.24, 2.45) is 0 Å². The molecule has 150 valence electrons. The lowest BCUT2D eigenvalue weighted by atomic mass is 10.1. The summed E-state index contributed by atoms with van der Waals surface area (Å²) in [5.74, 6) is 2.83. The first-order valence-electron chi connectivity index (χ1n) is 9.86. The van der Waals surface area contributed by atoms with Gasteiger partial charge in [-0.1, -0.05) is 13.3 Å². The van der Waals surface area contributed by atoms with E-state index in [0.717, 1.165) is 37.4 Å². The van der Waals surface area contributed by atoms with Crippen LogP contribution in [-0.4, -0.2) is 63.4 Å². The molecule has 9 nitrogen and oxygen atoms in total. The smallest absolute Gasteiger partial charge is 0.256 e. The van der Waals surface area contributed by atoms with Gasteiger partial charge in [-0.05, 0) is 24.6 Å². The molecule has 4 heterocycles. The van der Waals surface area contributed by atoms with Crippen LogP contribution in [-0.2, 0) is 6.42 Å². The Kier molecular flexibility index (Phi) is 4.42. The molecule has 2 aromatic heterocycles. The molecule has 0 saturated carbocycles. The van der Waals surface area contributed by atoms with Crippen LogP contribution >= 0.6 is 0 Å². The Labute approximate surface area is 167 Å². The van der Waals surface area contributed by atoms with Crippen LogP contribution in [0.1, 0.15) is 29.4 Å². The van der Waals surface area contributed by atoms with Gasteiger partial charge < -0.3 is 19.3 Å². The summed E-state index contributed by atoms with van der Waals surface area (Å²) in [7, 11) is 0. The molecule has 5 rings (SSSR count). The number of carbonyl (C=O) groups excluding carboxylic acids is 1. The number of piperazine rings is 1. The van der Waals surface area contributed by atoms with E-state index in [1.807, 2.05) is 9.30 Å². The van der Waals surface area contributed by atoms with Crippen LogP contribution in [0, 0.1) is 0 Å². The molecule has 1 amide bonds. The molecular weight excluding hydrogens is 372 g/mol. The van der Waals surface area contributed by atoms with Crippen LogP contribution < -0.4 is 14.4 Å². The van der Waals surface area contributed by atoms with Crippen LogP contribution in [0.3, 0.4) is 0 Å². The topological polar surface area (TPSA) is 85.1 Å². The Hall–Kier alpha value is -3.36. The number of aromatic nitrogens is 4. The summed E-state index contributed by atoms with van der Waals surface area (Å²) in [5.41, 5.74) is 1.77. The van der Waals surface area contributed by atoms with Crippen molar-refractivity contribution in [3.8, 4) is 11.5 Å². The van der Waals surface area contributed by atoms with Crippen molar-refractivity contribution in [2.75, 3.05) is 37.9 Å². The van der Waals surface area contributed by atoms with Gasteiger partial charge in [-0.3, -0.25) is 9.20 Å². The van der Waals surface area contributed by atoms with E-state index in [9.17, 15) is 4.79 Å². The number of rotatable bonds is 4. The number of fused-ring (bicyclic) bond motifs is 2. The number of amides is 1. The van der Waals surface area contributed by atoms with Crippen LogP contribution in [0.15, 0.2) is 30.6 Å². The van der Waals surface area contributed by atoms with Crippen molar-refractivity contribution < 1.29 is 14.3 Å². The van der Waals surface area contributed by atoms with E-state index in [1.54, 1.807) is 24.5 Å². The molecule has 0 N–H and O–H groups in total. The summed E-state index contributed by atoms with van der Waals surface area (Å²) in [6.07, 6.45) is 3.68. The first kappa shape index (κ1) is 17.7. The lowest BCUT2D eigenvalue weighted by Gasteiger charge is -2.35. The van der Waals surface area contributed by atoms with E-state index in [-0.39, 0.29) is 12.7 Å². The minimum Gasteiger partial charge on any atom is -0.454 e. The van der Waals surface area contributed by atoms with Crippen molar-refractivity contribution in [1.29, 1.82) is 0 Å². The van der Waals surface area contributed by atoms with Crippen LogP contribution in [0.5, 0.6) is 11.5 Å². The number of nitrogens with zero attached hydrogens (tertiary/aromatic N) is 6. The van der Waals surface area contributed by atoms with Crippen LogP contribution in [0.2, 0.25) is 0 Å². The van der Waals surface area contributed by atoms with Crippen molar-refractivity contribution in [3.63, 3.8) is 0 Å². The zero-order valence-electron chi connectivity index (χ0n) is 16.2. The van der Waals surface area contributed by atoms with Gasteiger partial charge in [0.25, 0.3) is 11.7 Å². The minimum absolute atomic E-state index is 0.00971. The minimum atomic E-state index is 0.00971. The molecule has 2 aliphatic rings. The first-order valence-corrected chi connectivity index (χ1v) is 9.86. The molecular formula is C20H22N6O3. The van der Waals surface area contributed by atoms with Crippen molar-refractivity contribution in [2.45, 2.75) is 19.8 Å². The summed E-state index contributed by atoms with van der Waals surface area (Å²) in [6.45, 7) is 5.07. The SMILES string of the molecule is CCCc1cc(N2CCN(C(=O)c3ccc4c(c3)OCO4)CC2)nc2nncn12. The summed E-state index contributed by atoms with van der Waals surface area (Å²) < 4.78 is 12.6. The normalized spacial score (nSPS) is 15.9. The predicted molar refractivity (Wildman–Crippen MR) is 105 cm³/mol. The molecule has 0 unspecified atom stereocenters. The van der Waals surface area contributed by atoms with Gasteiger partial charge in [-0.25, -0.2) is 0 Å². The van der Waals surface area contributed by atoms with Gasteiger partial charge in [-0.15, -0.1) is 10.2 Å². The molecule has 0 aliphatic carbocycles. The van der Waals surface area contributed by atoms with E-state index in [4.69, 9.17) is 9.47 Å². The van der Waals surface area contributed by atoms with Gasteiger partial charge >= 0.3 is 0 Å². The number of aryl methyl sites for hydroxylation is 1. The van der Waals surface area contributed by atoms with Gasteiger partial charge in [0.15, 0.2) is 11.5 Å². The van der Waals surface area contributed by atoms with Gasteiger partial charge in [0.1, 0.15) is 12.1 Å². The first-order chi connectivity index (χ1) is 14.2. The Morgan fingerprint density at radius 3 is 2.76 bits per heavy atom. The quantitative estimate of drug-likeness (QED) is 0.667. The number of carbonyl (C=O) groups is 1. The lowest BCUT2D eigenvalue weighted by molar-refractivity contribution is 0.0746. The van der Waals surface area contributed by atoms with Gasteiger partial charge in [-0.2, -0.15) is 4.98 Å². The van der Waals surface area contributed by atoms with Crippen LogP contribution in [0.25, 0.3) is 5.78 Å². The fourth-order valence-corrected chi connectivity index (χ4v) is 3.82. The molecule has 3 aromatic rings. The second kappa shape index (κ2) is 7.23. The third-order valence-corrected chi connectivity index (χ3v) is 5.37. The monoisotopic (exact) mass is 394 g/mol. The Morgan fingerprint density at radius 1 is 1.10 bits per heavy atom. The lowest BCUT2D eigenvalue weighted by Crippen LogP contribution is -2.49. The highest BCUT2D eigenvalue weighted by atomic mass is 16.7. The number of hydrogen-bond acceptors (Lipinski definition) is 7. The molecule has 1 fully saturated rings. The average Bonchev–Trinajstić information content (AvgIpc) is 3.42. The average molecular weight is 394 g/mol. The van der Waals surface area contributed by atoms with Gasteiger partial charge in [0.05, 0.1) is 0 Å². The summed E-state index contributed by atoms with van der Waals surface area (Å²) >= 11 is 0. The highest BCUT2D eigenvalue weighted by molar-refractivity contribution is 5.95. The van der Waals surface area contributed by atoms with E-state index >= 15 is 0 Å². The van der Waals surface area contributed by atoms with Crippen LogP contribution in [0.4, 0.5) is 5.82 Å². The zero-order chi connectivity index (χ0) is 19.8.